The van der Waals surface area contributed by atoms with Crippen LogP contribution in [-0.4, -0.2) is 35.0 Å². The average molecular weight is 326 g/mol. The van der Waals surface area contributed by atoms with Crippen LogP contribution in [0.25, 0.3) is 0 Å². The molecule has 0 aliphatic carbocycles. The molecule has 2 rings (SSSR count). The molecule has 1 amide bonds. The van der Waals surface area contributed by atoms with E-state index in [1.54, 1.807) is 11.0 Å². The Hall–Kier alpha value is -1.36. The Morgan fingerprint density at radius 3 is 2.63 bits per heavy atom. The zero-order valence-electron chi connectivity index (χ0n) is 10.7. The lowest BCUT2D eigenvalue weighted by molar-refractivity contribution is -0.145. The average Bonchev–Trinajstić information content (AvgIpc) is 2.38. The quantitative estimate of drug-likeness (QED) is 0.909. The van der Waals surface area contributed by atoms with E-state index < -0.39 is 5.97 Å². The molecule has 0 saturated carbocycles. The Labute approximate surface area is 120 Å². The molecule has 1 fully saturated rings. The molecule has 2 unspecified atom stereocenters. The lowest BCUT2D eigenvalue weighted by Crippen LogP contribution is -2.45. The van der Waals surface area contributed by atoms with E-state index in [0.717, 1.165) is 4.47 Å². The molecule has 0 radical (unpaired) electrons. The summed E-state index contributed by atoms with van der Waals surface area (Å²) in [6.07, 6.45) is 0.521. The molecule has 0 aromatic heterocycles. The van der Waals surface area contributed by atoms with Crippen molar-refractivity contribution in [2.45, 2.75) is 13.3 Å². The van der Waals surface area contributed by atoms with Crippen molar-refractivity contribution in [3.63, 3.8) is 0 Å². The summed E-state index contributed by atoms with van der Waals surface area (Å²) in [5, 5.41) is 9.08. The number of likely N-dealkylation sites (tertiary alicyclic amines) is 1. The van der Waals surface area contributed by atoms with E-state index in [1.807, 2.05) is 25.1 Å². The number of nitrogens with zero attached hydrogens (tertiary/aromatic N) is 1. The number of carbonyl (C=O) groups excluding carboxylic acids is 1. The van der Waals surface area contributed by atoms with Crippen LogP contribution >= 0.6 is 15.9 Å². The molecule has 1 aliphatic rings. The summed E-state index contributed by atoms with van der Waals surface area (Å²) in [6, 6.07) is 7.30. The van der Waals surface area contributed by atoms with Gasteiger partial charge in [0.05, 0.1) is 11.5 Å². The van der Waals surface area contributed by atoms with Gasteiger partial charge in [-0.3, -0.25) is 9.59 Å². The molecule has 102 valence electrons. The van der Waals surface area contributed by atoms with Gasteiger partial charge in [0.25, 0.3) is 5.91 Å². The van der Waals surface area contributed by atoms with E-state index in [1.165, 1.54) is 0 Å². The highest BCUT2D eigenvalue weighted by atomic mass is 79.9. The molecule has 0 bridgehead atoms. The maximum atomic E-state index is 12.4. The Bertz CT molecular complexity index is 503. The van der Waals surface area contributed by atoms with Gasteiger partial charge in [-0.1, -0.05) is 19.1 Å². The van der Waals surface area contributed by atoms with Crippen molar-refractivity contribution in [2.75, 3.05) is 13.1 Å². The van der Waals surface area contributed by atoms with Gasteiger partial charge in [-0.15, -0.1) is 0 Å². The Morgan fingerprint density at radius 2 is 2.05 bits per heavy atom. The summed E-state index contributed by atoms with van der Waals surface area (Å²) < 4.78 is 0.771. The van der Waals surface area contributed by atoms with Crippen LogP contribution in [0.3, 0.4) is 0 Å². The van der Waals surface area contributed by atoms with E-state index >= 15 is 0 Å². The van der Waals surface area contributed by atoms with Crippen LogP contribution in [-0.2, 0) is 4.79 Å². The predicted octanol–water partition coefficient (Wildman–Crippen LogP) is 2.63. The first kappa shape index (κ1) is 14.1. The highest BCUT2D eigenvalue weighted by Gasteiger charge is 2.33. The van der Waals surface area contributed by atoms with Gasteiger partial charge in [0, 0.05) is 17.6 Å². The van der Waals surface area contributed by atoms with Gasteiger partial charge in [-0.05, 0) is 40.4 Å². The number of piperidine rings is 1. The minimum atomic E-state index is -0.763. The zero-order chi connectivity index (χ0) is 14.0. The smallest absolute Gasteiger partial charge is 0.306 e. The third-order valence-electron chi connectivity index (χ3n) is 3.61. The molecule has 0 spiro atoms. The molecule has 1 heterocycles. The largest absolute Gasteiger partial charge is 0.481 e. The maximum absolute atomic E-state index is 12.4. The number of carboxylic acid groups (broad SMARTS) is 1. The zero-order valence-corrected chi connectivity index (χ0v) is 12.3. The van der Waals surface area contributed by atoms with Crippen LogP contribution in [0.2, 0.25) is 0 Å². The van der Waals surface area contributed by atoms with E-state index in [-0.39, 0.29) is 17.7 Å². The number of amides is 1. The first-order chi connectivity index (χ1) is 9.00. The first-order valence-electron chi connectivity index (χ1n) is 6.27. The molecule has 4 nitrogen and oxygen atoms in total. The molecular weight excluding hydrogens is 310 g/mol. The summed E-state index contributed by atoms with van der Waals surface area (Å²) in [5.41, 5.74) is 0.628. The van der Waals surface area contributed by atoms with Gasteiger partial charge in [-0.2, -0.15) is 0 Å². The van der Waals surface area contributed by atoms with Gasteiger partial charge >= 0.3 is 5.97 Å². The van der Waals surface area contributed by atoms with E-state index in [0.29, 0.717) is 25.1 Å². The van der Waals surface area contributed by atoms with Crippen molar-refractivity contribution < 1.29 is 14.7 Å². The molecule has 1 aromatic carbocycles. The normalized spacial score (nSPS) is 23.2. The first-order valence-corrected chi connectivity index (χ1v) is 7.06. The van der Waals surface area contributed by atoms with Crippen LogP contribution in [0.1, 0.15) is 23.7 Å². The van der Waals surface area contributed by atoms with Gasteiger partial charge in [0.15, 0.2) is 0 Å². The molecule has 1 saturated heterocycles. The van der Waals surface area contributed by atoms with Crippen molar-refractivity contribution in [3.05, 3.63) is 34.3 Å². The lowest BCUT2D eigenvalue weighted by atomic mass is 9.87. The lowest BCUT2D eigenvalue weighted by Gasteiger charge is -2.35. The third-order valence-corrected chi connectivity index (χ3v) is 4.31. The summed E-state index contributed by atoms with van der Waals surface area (Å²) in [6.45, 7) is 2.89. The van der Waals surface area contributed by atoms with Crippen molar-refractivity contribution >= 4 is 27.8 Å². The van der Waals surface area contributed by atoms with Crippen molar-refractivity contribution in [1.29, 1.82) is 0 Å². The van der Waals surface area contributed by atoms with Crippen LogP contribution in [0.4, 0.5) is 0 Å². The summed E-state index contributed by atoms with van der Waals surface area (Å²) in [5.74, 6) is -1.16. The van der Waals surface area contributed by atoms with Crippen LogP contribution < -0.4 is 0 Å². The highest BCUT2D eigenvalue weighted by Crippen LogP contribution is 2.26. The molecule has 1 aromatic rings. The number of hydrogen-bond acceptors (Lipinski definition) is 2. The number of carbonyl (C=O) groups is 2. The summed E-state index contributed by atoms with van der Waals surface area (Å²) in [4.78, 5) is 25.2. The number of carboxylic acids is 1. The van der Waals surface area contributed by atoms with E-state index in [4.69, 9.17) is 5.11 Å². The fourth-order valence-electron chi connectivity index (χ4n) is 2.50. The minimum Gasteiger partial charge on any atom is -0.481 e. The van der Waals surface area contributed by atoms with Crippen molar-refractivity contribution in [3.8, 4) is 0 Å². The van der Waals surface area contributed by atoms with Gasteiger partial charge in [0.2, 0.25) is 0 Å². The molecular formula is C14H16BrNO3. The van der Waals surface area contributed by atoms with Gasteiger partial charge in [0.1, 0.15) is 0 Å². The standard InChI is InChI=1S/C14H16BrNO3/c1-9-8-16(7-6-10(9)14(18)19)13(17)11-4-2-3-5-12(11)15/h2-5,9-10H,6-8H2,1H3,(H,18,19). The van der Waals surface area contributed by atoms with Crippen LogP contribution in [0.15, 0.2) is 28.7 Å². The molecule has 1 aliphatic heterocycles. The number of aliphatic carboxylic acids is 1. The number of rotatable bonds is 2. The third kappa shape index (κ3) is 2.97. The van der Waals surface area contributed by atoms with Crippen molar-refractivity contribution in [2.24, 2.45) is 11.8 Å². The minimum absolute atomic E-state index is 0.0160. The fraction of sp³-hybridized carbons (Fsp3) is 0.429. The number of benzene rings is 1. The SMILES string of the molecule is CC1CN(C(=O)c2ccccc2Br)CCC1C(=O)O. The number of hydrogen-bond donors (Lipinski definition) is 1. The second kappa shape index (κ2) is 5.74. The van der Waals surface area contributed by atoms with Crippen LogP contribution in [0, 0.1) is 11.8 Å². The Balaban J connectivity index is 2.11. The van der Waals surface area contributed by atoms with E-state index in [9.17, 15) is 9.59 Å². The Morgan fingerprint density at radius 1 is 1.37 bits per heavy atom. The molecule has 1 N–H and O–H groups in total. The monoisotopic (exact) mass is 325 g/mol. The Kier molecular flexibility index (Phi) is 4.24. The molecule has 5 heteroatoms. The van der Waals surface area contributed by atoms with E-state index in [2.05, 4.69) is 15.9 Å². The molecule has 2 atom stereocenters. The fourth-order valence-corrected chi connectivity index (χ4v) is 2.96. The number of halogens is 1. The second-order valence-corrected chi connectivity index (χ2v) is 5.80. The van der Waals surface area contributed by atoms with Crippen LogP contribution in [0.5, 0.6) is 0 Å². The second-order valence-electron chi connectivity index (χ2n) is 4.94. The summed E-state index contributed by atoms with van der Waals surface area (Å²) in [7, 11) is 0. The highest BCUT2D eigenvalue weighted by molar-refractivity contribution is 9.10. The maximum Gasteiger partial charge on any atom is 0.306 e. The van der Waals surface area contributed by atoms with Crippen molar-refractivity contribution in [1.82, 2.24) is 4.90 Å². The summed E-state index contributed by atoms with van der Waals surface area (Å²) >= 11 is 3.37. The predicted molar refractivity (Wildman–Crippen MR) is 75.0 cm³/mol. The van der Waals surface area contributed by atoms with Gasteiger partial charge < -0.3 is 10.0 Å². The molecule has 19 heavy (non-hydrogen) atoms. The van der Waals surface area contributed by atoms with Gasteiger partial charge in [-0.25, -0.2) is 0 Å². The topological polar surface area (TPSA) is 57.6 Å².